The molecule has 6 rings (SSSR count). The van der Waals surface area contributed by atoms with E-state index in [1.807, 2.05) is 11.6 Å². The molecule has 0 saturated heterocycles. The summed E-state index contributed by atoms with van der Waals surface area (Å²) in [6.07, 6.45) is 7.74. The fourth-order valence-electron chi connectivity index (χ4n) is 6.54. The average molecular weight is 439 g/mol. The molecular formula is C25H34N4OS. The number of thioether (sulfide) groups is 1. The Kier molecular flexibility index (Phi) is 5.19. The van der Waals surface area contributed by atoms with E-state index in [-0.39, 0.29) is 16.9 Å². The van der Waals surface area contributed by atoms with E-state index in [1.54, 1.807) is 0 Å². The lowest BCUT2D eigenvalue weighted by Gasteiger charge is -2.56. The maximum atomic E-state index is 12.8. The van der Waals surface area contributed by atoms with Gasteiger partial charge in [-0.3, -0.25) is 4.79 Å². The van der Waals surface area contributed by atoms with E-state index in [2.05, 4.69) is 60.6 Å². The van der Waals surface area contributed by atoms with Gasteiger partial charge in [0.05, 0.1) is 5.75 Å². The number of hydrogen-bond donors (Lipinski definition) is 1. The van der Waals surface area contributed by atoms with E-state index < -0.39 is 0 Å². The molecule has 1 aromatic heterocycles. The van der Waals surface area contributed by atoms with Crippen LogP contribution in [0.2, 0.25) is 0 Å². The van der Waals surface area contributed by atoms with Crippen LogP contribution in [0.25, 0.3) is 11.4 Å². The molecule has 4 aliphatic rings. The second-order valence-electron chi connectivity index (χ2n) is 11.2. The van der Waals surface area contributed by atoms with Gasteiger partial charge in [0.15, 0.2) is 11.0 Å². The van der Waals surface area contributed by atoms with Crippen molar-refractivity contribution in [1.82, 2.24) is 20.1 Å². The Bertz CT molecular complexity index is 937. The molecule has 0 aliphatic heterocycles. The predicted molar refractivity (Wildman–Crippen MR) is 125 cm³/mol. The van der Waals surface area contributed by atoms with Crippen LogP contribution in [0.1, 0.15) is 64.9 Å². The first-order chi connectivity index (χ1) is 14.7. The summed E-state index contributed by atoms with van der Waals surface area (Å²) < 4.78 is 1.99. The molecule has 1 amide bonds. The lowest BCUT2D eigenvalue weighted by molar-refractivity contribution is -0.124. The van der Waals surface area contributed by atoms with Crippen LogP contribution in [0.5, 0.6) is 0 Å². The van der Waals surface area contributed by atoms with Crippen molar-refractivity contribution >= 4 is 17.7 Å². The summed E-state index contributed by atoms with van der Waals surface area (Å²) in [5, 5.41) is 13.0. The van der Waals surface area contributed by atoms with Gasteiger partial charge in [0.25, 0.3) is 0 Å². The number of rotatable bonds is 5. The summed E-state index contributed by atoms with van der Waals surface area (Å²) in [7, 11) is 1.98. The van der Waals surface area contributed by atoms with Gasteiger partial charge in [0, 0.05) is 18.2 Å². The molecule has 2 aromatic rings. The molecule has 4 bridgehead atoms. The molecule has 4 aliphatic carbocycles. The van der Waals surface area contributed by atoms with Crippen LogP contribution in [0.3, 0.4) is 0 Å². The zero-order valence-electron chi connectivity index (χ0n) is 19.1. The maximum Gasteiger partial charge on any atom is 0.230 e. The van der Waals surface area contributed by atoms with Crippen molar-refractivity contribution in [3.63, 3.8) is 0 Å². The van der Waals surface area contributed by atoms with Crippen LogP contribution in [0, 0.1) is 17.8 Å². The van der Waals surface area contributed by atoms with E-state index in [1.165, 1.54) is 55.9 Å². The quantitative estimate of drug-likeness (QED) is 0.671. The summed E-state index contributed by atoms with van der Waals surface area (Å²) in [6.45, 7) is 6.65. The van der Waals surface area contributed by atoms with Gasteiger partial charge in [-0.2, -0.15) is 0 Å². The van der Waals surface area contributed by atoms with E-state index >= 15 is 0 Å². The topological polar surface area (TPSA) is 59.8 Å². The van der Waals surface area contributed by atoms with E-state index in [9.17, 15) is 4.79 Å². The van der Waals surface area contributed by atoms with Crippen molar-refractivity contribution < 1.29 is 4.79 Å². The van der Waals surface area contributed by atoms with Gasteiger partial charge in [0.1, 0.15) is 0 Å². The second-order valence-corrected chi connectivity index (χ2v) is 12.2. The van der Waals surface area contributed by atoms with Crippen molar-refractivity contribution in [2.24, 2.45) is 24.8 Å². The summed E-state index contributed by atoms with van der Waals surface area (Å²) in [6, 6.07) is 8.54. The second kappa shape index (κ2) is 7.65. The van der Waals surface area contributed by atoms with Crippen LogP contribution < -0.4 is 5.32 Å². The number of aromatic nitrogens is 3. The Hall–Kier alpha value is -1.82. The number of benzene rings is 1. The Morgan fingerprint density at radius 2 is 1.65 bits per heavy atom. The van der Waals surface area contributed by atoms with E-state index in [0.717, 1.165) is 34.3 Å². The van der Waals surface area contributed by atoms with Crippen LogP contribution in [-0.4, -0.2) is 32.0 Å². The fourth-order valence-corrected chi connectivity index (χ4v) is 7.25. The minimum absolute atomic E-state index is 0.0756. The zero-order valence-corrected chi connectivity index (χ0v) is 20.0. The molecule has 0 spiro atoms. The van der Waals surface area contributed by atoms with E-state index in [4.69, 9.17) is 0 Å². The molecule has 0 unspecified atom stereocenters. The molecule has 1 aromatic carbocycles. The minimum Gasteiger partial charge on any atom is -0.350 e. The lowest BCUT2D eigenvalue weighted by atomic mass is 9.53. The van der Waals surface area contributed by atoms with Gasteiger partial charge in [0.2, 0.25) is 5.91 Å². The standard InChI is InChI=1S/C25H34N4OS/c1-24(2,3)20-7-5-19(6-8-20)22-27-28-23(29(22)4)31-15-21(30)26-25-12-16-9-17(13-25)11-18(10-16)14-25/h5-8,16-18H,9-15H2,1-4H3,(H,26,30). The third-order valence-electron chi connectivity index (χ3n) is 7.62. The monoisotopic (exact) mass is 438 g/mol. The highest BCUT2D eigenvalue weighted by Crippen LogP contribution is 2.55. The molecule has 6 heteroatoms. The highest BCUT2D eigenvalue weighted by molar-refractivity contribution is 7.99. The molecule has 4 saturated carbocycles. The molecule has 5 nitrogen and oxygen atoms in total. The first kappa shape index (κ1) is 21.0. The van der Waals surface area contributed by atoms with Crippen LogP contribution in [0.4, 0.5) is 0 Å². The molecular weight excluding hydrogens is 404 g/mol. The molecule has 1 N–H and O–H groups in total. The summed E-state index contributed by atoms with van der Waals surface area (Å²) in [5.74, 6) is 3.90. The van der Waals surface area contributed by atoms with Crippen molar-refractivity contribution in [2.45, 2.75) is 75.4 Å². The van der Waals surface area contributed by atoms with Crippen molar-refractivity contribution in [2.75, 3.05) is 5.75 Å². The summed E-state index contributed by atoms with van der Waals surface area (Å²) in [5.41, 5.74) is 2.55. The largest absolute Gasteiger partial charge is 0.350 e. The molecule has 0 radical (unpaired) electrons. The summed E-state index contributed by atoms with van der Waals surface area (Å²) in [4.78, 5) is 12.8. The molecule has 1 heterocycles. The van der Waals surface area contributed by atoms with Gasteiger partial charge < -0.3 is 9.88 Å². The first-order valence-corrected chi connectivity index (χ1v) is 12.6. The van der Waals surface area contributed by atoms with Crippen LogP contribution >= 0.6 is 11.8 Å². The molecule has 31 heavy (non-hydrogen) atoms. The SMILES string of the molecule is Cn1c(SCC(=O)NC23CC4CC(CC(C4)C2)C3)nnc1-c1ccc(C(C)(C)C)cc1. The fraction of sp³-hybridized carbons (Fsp3) is 0.640. The molecule has 0 atom stereocenters. The summed E-state index contributed by atoms with van der Waals surface area (Å²) >= 11 is 1.48. The average Bonchev–Trinajstić information content (AvgIpc) is 3.05. The highest BCUT2D eigenvalue weighted by atomic mass is 32.2. The lowest BCUT2D eigenvalue weighted by Crippen LogP contribution is -2.60. The van der Waals surface area contributed by atoms with Crippen molar-refractivity contribution in [3.8, 4) is 11.4 Å². The van der Waals surface area contributed by atoms with Gasteiger partial charge in [-0.1, -0.05) is 56.8 Å². The third kappa shape index (κ3) is 4.15. The van der Waals surface area contributed by atoms with Gasteiger partial charge >= 0.3 is 0 Å². The molecule has 166 valence electrons. The number of carbonyl (C=O) groups excluding carboxylic acids is 1. The Balaban J connectivity index is 1.22. The number of nitrogens with zero attached hydrogens (tertiary/aromatic N) is 3. The Morgan fingerprint density at radius 3 is 2.19 bits per heavy atom. The van der Waals surface area contributed by atoms with Gasteiger partial charge in [-0.05, 0) is 67.3 Å². The van der Waals surface area contributed by atoms with Crippen LogP contribution in [0.15, 0.2) is 29.4 Å². The maximum absolute atomic E-state index is 12.8. The van der Waals surface area contributed by atoms with Crippen molar-refractivity contribution in [1.29, 1.82) is 0 Å². The number of amides is 1. The number of carbonyl (C=O) groups is 1. The zero-order chi connectivity index (χ0) is 21.8. The number of nitrogens with one attached hydrogen (secondary N) is 1. The van der Waals surface area contributed by atoms with Crippen LogP contribution in [-0.2, 0) is 17.3 Å². The number of hydrogen-bond acceptors (Lipinski definition) is 4. The first-order valence-electron chi connectivity index (χ1n) is 11.6. The third-order valence-corrected chi connectivity index (χ3v) is 8.64. The van der Waals surface area contributed by atoms with Gasteiger partial charge in [-0.25, -0.2) is 0 Å². The smallest absolute Gasteiger partial charge is 0.230 e. The molecule has 4 fully saturated rings. The minimum atomic E-state index is 0.0756. The Morgan fingerprint density at radius 1 is 1.06 bits per heavy atom. The Labute approximate surface area is 189 Å². The van der Waals surface area contributed by atoms with Gasteiger partial charge in [-0.15, -0.1) is 10.2 Å². The van der Waals surface area contributed by atoms with Crippen molar-refractivity contribution in [3.05, 3.63) is 29.8 Å². The van der Waals surface area contributed by atoms with E-state index in [0.29, 0.717) is 5.75 Å². The highest BCUT2D eigenvalue weighted by Gasteiger charge is 2.51. The normalized spacial score (nSPS) is 29.4. The predicted octanol–water partition coefficient (Wildman–Crippen LogP) is 4.96.